The molecule has 0 aliphatic rings. The number of amidine groups is 1. The van der Waals surface area contributed by atoms with Gasteiger partial charge in [0.15, 0.2) is 11.1 Å². The molecular weight excluding hydrogens is 206 g/mol. The summed E-state index contributed by atoms with van der Waals surface area (Å²) < 4.78 is 0. The topological polar surface area (TPSA) is 101 Å². The van der Waals surface area contributed by atoms with Crippen LogP contribution in [-0.4, -0.2) is 16.1 Å². The molecule has 0 unspecified atom stereocenters. The Morgan fingerprint density at radius 2 is 2.46 bits per heavy atom. The van der Waals surface area contributed by atoms with E-state index in [-0.39, 0.29) is 11.1 Å². The molecular formula is C6H9N5S2. The van der Waals surface area contributed by atoms with Crippen LogP contribution in [0.3, 0.4) is 0 Å². The molecule has 0 radical (unpaired) electrons. The zero-order valence-corrected chi connectivity index (χ0v) is 8.36. The van der Waals surface area contributed by atoms with Crippen molar-refractivity contribution in [3.05, 3.63) is 16.6 Å². The van der Waals surface area contributed by atoms with E-state index >= 15 is 0 Å². The predicted octanol–water partition coefficient (Wildman–Crippen LogP) is 0.584. The van der Waals surface area contributed by atoms with Gasteiger partial charge in [-0.25, -0.2) is 4.98 Å². The van der Waals surface area contributed by atoms with E-state index in [2.05, 4.69) is 9.98 Å². The van der Waals surface area contributed by atoms with E-state index in [0.29, 0.717) is 5.75 Å². The van der Waals surface area contributed by atoms with Gasteiger partial charge in [-0.1, -0.05) is 11.8 Å². The summed E-state index contributed by atoms with van der Waals surface area (Å²) in [6.45, 7) is 0. The first-order chi connectivity index (χ1) is 6.18. The van der Waals surface area contributed by atoms with Crippen molar-refractivity contribution in [3.63, 3.8) is 0 Å². The van der Waals surface area contributed by atoms with Gasteiger partial charge in [0, 0.05) is 11.1 Å². The largest absolute Gasteiger partial charge is 0.370 e. The Bertz CT molecular complexity index is 301. The van der Waals surface area contributed by atoms with E-state index in [4.69, 9.17) is 16.9 Å². The first kappa shape index (κ1) is 10.0. The normalized spacial score (nSPS) is 9.54. The maximum Gasteiger partial charge on any atom is 0.193 e. The Hall–Kier alpha value is -1.08. The highest BCUT2D eigenvalue weighted by atomic mass is 32.2. The van der Waals surface area contributed by atoms with Gasteiger partial charge in [0.2, 0.25) is 0 Å². The van der Waals surface area contributed by atoms with Crippen molar-refractivity contribution < 1.29 is 0 Å². The van der Waals surface area contributed by atoms with Crippen LogP contribution in [0, 0.1) is 5.41 Å². The van der Waals surface area contributed by atoms with Crippen molar-refractivity contribution >= 4 is 34.2 Å². The number of hydrogen-bond acceptors (Lipinski definition) is 4. The average molecular weight is 215 g/mol. The second-order valence-corrected chi connectivity index (χ2v) is 3.79. The average Bonchev–Trinajstić information content (AvgIpc) is 2.51. The monoisotopic (exact) mass is 215 g/mol. The summed E-state index contributed by atoms with van der Waals surface area (Å²) in [5.74, 6) is 0.537. The first-order valence-corrected chi connectivity index (χ1v) is 5.29. The molecule has 0 aromatic carbocycles. The maximum absolute atomic E-state index is 7.31. The van der Waals surface area contributed by atoms with Crippen molar-refractivity contribution in [2.24, 2.45) is 16.5 Å². The number of nitrogens with zero attached hydrogens (tertiary/aromatic N) is 2. The minimum atomic E-state index is -0.0872. The van der Waals surface area contributed by atoms with E-state index in [1.807, 2.05) is 5.38 Å². The van der Waals surface area contributed by atoms with Crippen molar-refractivity contribution in [2.45, 2.75) is 5.75 Å². The quantitative estimate of drug-likeness (QED) is 0.496. The summed E-state index contributed by atoms with van der Waals surface area (Å²) in [5.41, 5.74) is 12.9. The van der Waals surface area contributed by atoms with E-state index < -0.39 is 0 Å². The number of nitrogens with one attached hydrogen (secondary N) is 1. The number of thiazole rings is 1. The molecule has 0 saturated heterocycles. The third kappa shape index (κ3) is 3.90. The lowest BCUT2D eigenvalue weighted by Gasteiger charge is -1.95. The van der Waals surface area contributed by atoms with Crippen molar-refractivity contribution in [3.8, 4) is 0 Å². The van der Waals surface area contributed by atoms with Crippen molar-refractivity contribution in [1.29, 1.82) is 5.41 Å². The van der Waals surface area contributed by atoms with Crippen LogP contribution in [-0.2, 0) is 5.75 Å². The van der Waals surface area contributed by atoms with Crippen LogP contribution in [0.25, 0.3) is 0 Å². The van der Waals surface area contributed by atoms with Gasteiger partial charge in [-0.05, 0) is 0 Å². The predicted molar refractivity (Wildman–Crippen MR) is 56.9 cm³/mol. The zero-order valence-electron chi connectivity index (χ0n) is 6.73. The Morgan fingerprint density at radius 3 is 3.00 bits per heavy atom. The van der Waals surface area contributed by atoms with E-state index in [0.717, 1.165) is 5.69 Å². The van der Waals surface area contributed by atoms with E-state index in [1.54, 1.807) is 5.51 Å². The molecule has 70 valence electrons. The van der Waals surface area contributed by atoms with Crippen LogP contribution >= 0.6 is 23.1 Å². The number of thioether (sulfide) groups is 1. The van der Waals surface area contributed by atoms with Gasteiger partial charge >= 0.3 is 0 Å². The Labute approximate surface area is 83.8 Å². The summed E-state index contributed by atoms with van der Waals surface area (Å²) in [6.07, 6.45) is 0. The number of aliphatic imine (C=N–C) groups is 1. The fourth-order valence-corrected chi connectivity index (χ4v) is 1.88. The third-order valence-electron chi connectivity index (χ3n) is 1.07. The molecule has 0 saturated carbocycles. The van der Waals surface area contributed by atoms with Gasteiger partial charge in [-0.2, -0.15) is 4.99 Å². The molecule has 7 heteroatoms. The molecule has 1 aromatic rings. The molecule has 1 aromatic heterocycles. The molecule has 0 aliphatic heterocycles. The maximum atomic E-state index is 7.31. The Balaban J connectivity index is 2.35. The van der Waals surface area contributed by atoms with Gasteiger partial charge in [-0.3, -0.25) is 5.41 Å². The molecule has 0 bridgehead atoms. The van der Waals surface area contributed by atoms with Gasteiger partial charge in [0.1, 0.15) is 0 Å². The number of hydrogen-bond donors (Lipinski definition) is 3. The van der Waals surface area contributed by atoms with Gasteiger partial charge < -0.3 is 11.5 Å². The second kappa shape index (κ2) is 4.83. The fourth-order valence-electron chi connectivity index (χ4n) is 0.601. The van der Waals surface area contributed by atoms with Gasteiger partial charge in [0.25, 0.3) is 0 Å². The lowest BCUT2D eigenvalue weighted by atomic mass is 10.6. The summed E-state index contributed by atoms with van der Waals surface area (Å²) in [4.78, 5) is 7.63. The highest BCUT2D eigenvalue weighted by Crippen LogP contribution is 2.13. The molecule has 0 spiro atoms. The van der Waals surface area contributed by atoms with Crippen molar-refractivity contribution in [2.75, 3.05) is 0 Å². The highest BCUT2D eigenvalue weighted by molar-refractivity contribution is 8.13. The summed E-state index contributed by atoms with van der Waals surface area (Å²) in [5, 5.41) is 9.34. The second-order valence-electron chi connectivity index (χ2n) is 2.11. The molecule has 1 heterocycles. The number of aromatic nitrogens is 1. The number of rotatable bonds is 2. The van der Waals surface area contributed by atoms with E-state index in [9.17, 15) is 0 Å². The van der Waals surface area contributed by atoms with Crippen molar-refractivity contribution in [1.82, 2.24) is 4.98 Å². The molecule has 13 heavy (non-hydrogen) atoms. The first-order valence-electron chi connectivity index (χ1n) is 3.36. The molecule has 0 amide bonds. The molecule has 0 fully saturated rings. The molecule has 0 atom stereocenters. The summed E-state index contributed by atoms with van der Waals surface area (Å²) in [6, 6.07) is 0. The lowest BCUT2D eigenvalue weighted by molar-refractivity contribution is 1.24. The number of nitrogens with two attached hydrogens (primary N) is 2. The Morgan fingerprint density at radius 1 is 1.69 bits per heavy atom. The molecule has 0 aliphatic carbocycles. The van der Waals surface area contributed by atoms with Gasteiger partial charge in [-0.15, -0.1) is 11.3 Å². The fraction of sp³-hybridized carbons (Fsp3) is 0.167. The SMILES string of the molecule is N=C(N=C(N)N)SCc1cscn1. The molecule has 1 rings (SSSR count). The zero-order chi connectivity index (χ0) is 9.68. The Kier molecular flexibility index (Phi) is 3.71. The highest BCUT2D eigenvalue weighted by Gasteiger charge is 1.99. The van der Waals surface area contributed by atoms with Crippen LogP contribution in [0.1, 0.15) is 5.69 Å². The summed E-state index contributed by atoms with van der Waals surface area (Å²) in [7, 11) is 0. The molecule has 5 N–H and O–H groups in total. The van der Waals surface area contributed by atoms with Crippen LogP contribution in [0.4, 0.5) is 0 Å². The molecule has 5 nitrogen and oxygen atoms in total. The third-order valence-corrected chi connectivity index (χ3v) is 2.51. The minimum absolute atomic E-state index is 0.0872. The van der Waals surface area contributed by atoms with Crippen LogP contribution in [0.15, 0.2) is 15.9 Å². The van der Waals surface area contributed by atoms with E-state index in [1.165, 1.54) is 23.1 Å². The van der Waals surface area contributed by atoms with Crippen LogP contribution in [0.5, 0.6) is 0 Å². The smallest absolute Gasteiger partial charge is 0.193 e. The van der Waals surface area contributed by atoms with Gasteiger partial charge in [0.05, 0.1) is 11.2 Å². The summed E-state index contributed by atoms with van der Waals surface area (Å²) >= 11 is 2.77. The van der Waals surface area contributed by atoms with Crippen LogP contribution < -0.4 is 11.5 Å². The standard InChI is InChI=1S/C6H9N5S2/c7-5(8)11-6(9)13-2-4-1-12-3-10-4/h1,3H,2H2,(H5,7,8,9,11). The lowest BCUT2D eigenvalue weighted by Crippen LogP contribution is -2.23. The minimum Gasteiger partial charge on any atom is -0.370 e. The van der Waals surface area contributed by atoms with Crippen LogP contribution in [0.2, 0.25) is 0 Å². The number of guanidine groups is 1.